The van der Waals surface area contributed by atoms with Gasteiger partial charge in [-0.1, -0.05) is 0 Å². The molecule has 1 aromatic heterocycles. The Morgan fingerprint density at radius 3 is 2.75 bits per heavy atom. The Kier molecular flexibility index (Phi) is 4.38. The summed E-state index contributed by atoms with van der Waals surface area (Å²) in [5, 5.41) is 2.96. The van der Waals surface area contributed by atoms with Crippen molar-refractivity contribution in [2.45, 2.75) is 51.7 Å². The van der Waals surface area contributed by atoms with Crippen molar-refractivity contribution in [2.75, 3.05) is 13.1 Å². The van der Waals surface area contributed by atoms with E-state index in [-0.39, 0.29) is 23.9 Å². The van der Waals surface area contributed by atoms with E-state index < -0.39 is 5.54 Å². The van der Waals surface area contributed by atoms with Crippen LogP contribution >= 0.6 is 0 Å². The van der Waals surface area contributed by atoms with Crippen LogP contribution in [0.5, 0.6) is 0 Å². The maximum Gasteiger partial charge on any atom is 0.325 e. The predicted molar refractivity (Wildman–Crippen MR) is 90.1 cm³/mol. The first kappa shape index (κ1) is 17.0. The zero-order valence-corrected chi connectivity index (χ0v) is 15.0. The lowest BCUT2D eigenvalue weighted by Crippen LogP contribution is -2.56. The van der Waals surface area contributed by atoms with Crippen LogP contribution in [-0.4, -0.2) is 56.0 Å². The molecule has 0 aromatic carbocycles. The van der Waals surface area contributed by atoms with Gasteiger partial charge in [-0.25, -0.2) is 9.78 Å². The molecule has 0 saturated carbocycles. The molecule has 1 aromatic rings. The van der Waals surface area contributed by atoms with Crippen molar-refractivity contribution < 1.29 is 9.59 Å². The number of urea groups is 1. The standard InChI is InChI=1S/C17H27N5O2/c1-12(2)22-15(23)17(3,19-16(22)24)13-6-5-8-21(10-13)11-14-18-7-9-20(14)4/h7,9,12-13H,5-6,8,10-11H2,1-4H3,(H,19,24). The van der Waals surface area contributed by atoms with Gasteiger partial charge in [0.2, 0.25) is 0 Å². The predicted octanol–water partition coefficient (Wildman–Crippen LogP) is 1.35. The molecule has 0 radical (unpaired) electrons. The molecule has 7 nitrogen and oxygen atoms in total. The molecule has 0 bridgehead atoms. The maximum absolute atomic E-state index is 12.9. The van der Waals surface area contributed by atoms with Crippen LogP contribution in [0, 0.1) is 5.92 Å². The molecule has 3 heterocycles. The Labute approximate surface area is 143 Å². The summed E-state index contributed by atoms with van der Waals surface area (Å²) in [6.45, 7) is 8.18. The number of hydrogen-bond acceptors (Lipinski definition) is 4. The zero-order chi connectivity index (χ0) is 17.5. The Hall–Kier alpha value is -1.89. The van der Waals surface area contributed by atoms with Gasteiger partial charge >= 0.3 is 6.03 Å². The van der Waals surface area contributed by atoms with E-state index in [1.807, 2.05) is 38.6 Å². The minimum atomic E-state index is -0.804. The summed E-state index contributed by atoms with van der Waals surface area (Å²) < 4.78 is 2.02. The quantitative estimate of drug-likeness (QED) is 0.845. The van der Waals surface area contributed by atoms with Crippen LogP contribution in [0.15, 0.2) is 12.4 Å². The molecule has 2 saturated heterocycles. The minimum Gasteiger partial charge on any atom is -0.337 e. The highest BCUT2D eigenvalue weighted by Gasteiger charge is 2.53. The topological polar surface area (TPSA) is 70.5 Å². The number of piperidine rings is 1. The van der Waals surface area contributed by atoms with Gasteiger partial charge in [-0.2, -0.15) is 0 Å². The summed E-state index contributed by atoms with van der Waals surface area (Å²) in [6, 6.07) is -0.384. The first-order chi connectivity index (χ1) is 11.3. The fourth-order valence-corrected chi connectivity index (χ4v) is 3.84. The fourth-order valence-electron chi connectivity index (χ4n) is 3.84. The first-order valence-electron chi connectivity index (χ1n) is 8.67. The number of aromatic nitrogens is 2. The molecule has 2 fully saturated rings. The number of carbonyl (C=O) groups is 2. The van der Waals surface area contributed by atoms with Crippen LogP contribution in [0.3, 0.4) is 0 Å². The van der Waals surface area contributed by atoms with Gasteiger partial charge in [0.15, 0.2) is 0 Å². The van der Waals surface area contributed by atoms with Gasteiger partial charge in [0, 0.05) is 37.9 Å². The van der Waals surface area contributed by atoms with Crippen molar-refractivity contribution in [2.24, 2.45) is 13.0 Å². The highest BCUT2D eigenvalue weighted by Crippen LogP contribution is 2.33. The second kappa shape index (κ2) is 6.20. The molecule has 2 aliphatic heterocycles. The van der Waals surface area contributed by atoms with Crippen LogP contribution in [0.1, 0.15) is 39.4 Å². The Morgan fingerprint density at radius 2 is 2.17 bits per heavy atom. The largest absolute Gasteiger partial charge is 0.337 e. The molecule has 3 rings (SSSR count). The van der Waals surface area contributed by atoms with E-state index in [1.54, 1.807) is 6.20 Å². The SMILES string of the molecule is CC(C)N1C(=O)NC(C)(C2CCCN(Cc3nccn3C)C2)C1=O. The number of carbonyl (C=O) groups excluding carboxylic acids is 2. The van der Waals surface area contributed by atoms with E-state index in [1.165, 1.54) is 4.90 Å². The highest BCUT2D eigenvalue weighted by atomic mass is 16.2. The Balaban J connectivity index is 1.73. The molecule has 0 spiro atoms. The second-order valence-electron chi connectivity index (χ2n) is 7.43. The van der Waals surface area contributed by atoms with Gasteiger partial charge in [-0.3, -0.25) is 14.6 Å². The average molecular weight is 333 g/mol. The van der Waals surface area contributed by atoms with E-state index in [0.29, 0.717) is 0 Å². The molecule has 1 N–H and O–H groups in total. The highest BCUT2D eigenvalue weighted by molar-refractivity contribution is 6.07. The van der Waals surface area contributed by atoms with Gasteiger partial charge in [0.1, 0.15) is 11.4 Å². The van der Waals surface area contributed by atoms with Gasteiger partial charge < -0.3 is 9.88 Å². The van der Waals surface area contributed by atoms with Gasteiger partial charge in [-0.15, -0.1) is 0 Å². The molecule has 2 atom stereocenters. The summed E-state index contributed by atoms with van der Waals surface area (Å²) in [5.41, 5.74) is -0.804. The molecular weight excluding hydrogens is 306 g/mol. The van der Waals surface area contributed by atoms with E-state index >= 15 is 0 Å². The third-order valence-corrected chi connectivity index (χ3v) is 5.37. The van der Waals surface area contributed by atoms with Crippen LogP contribution in [0.2, 0.25) is 0 Å². The molecule has 0 aliphatic carbocycles. The lowest BCUT2D eigenvalue weighted by Gasteiger charge is -2.39. The molecule has 132 valence electrons. The fraction of sp³-hybridized carbons (Fsp3) is 0.706. The summed E-state index contributed by atoms with van der Waals surface area (Å²) in [7, 11) is 1.99. The molecule has 2 unspecified atom stereocenters. The van der Waals surface area contributed by atoms with E-state index in [2.05, 4.69) is 15.2 Å². The third-order valence-electron chi connectivity index (χ3n) is 5.37. The smallest absolute Gasteiger partial charge is 0.325 e. The van der Waals surface area contributed by atoms with Crippen LogP contribution in [0.4, 0.5) is 4.79 Å². The van der Waals surface area contributed by atoms with Crippen molar-refractivity contribution in [1.29, 1.82) is 0 Å². The number of imide groups is 1. The average Bonchev–Trinajstić information content (AvgIpc) is 3.02. The number of rotatable bonds is 4. The number of nitrogens with zero attached hydrogens (tertiary/aromatic N) is 4. The maximum atomic E-state index is 12.9. The molecule has 24 heavy (non-hydrogen) atoms. The van der Waals surface area contributed by atoms with Gasteiger partial charge in [0.05, 0.1) is 6.54 Å². The summed E-state index contributed by atoms with van der Waals surface area (Å²) in [5.74, 6) is 1.05. The summed E-state index contributed by atoms with van der Waals surface area (Å²) in [6.07, 6.45) is 5.72. The zero-order valence-electron chi connectivity index (χ0n) is 15.0. The lowest BCUT2D eigenvalue weighted by atomic mass is 9.80. The third kappa shape index (κ3) is 2.81. The Bertz CT molecular complexity index is 641. The number of imidazole rings is 1. The van der Waals surface area contributed by atoms with Crippen molar-refractivity contribution >= 4 is 11.9 Å². The summed E-state index contributed by atoms with van der Waals surface area (Å²) in [4.78, 5) is 33.2. The van der Waals surface area contributed by atoms with Crippen molar-refractivity contribution in [3.63, 3.8) is 0 Å². The number of aryl methyl sites for hydroxylation is 1. The first-order valence-corrected chi connectivity index (χ1v) is 8.67. The van der Waals surface area contributed by atoms with Gasteiger partial charge in [-0.05, 0) is 40.2 Å². The van der Waals surface area contributed by atoms with Crippen LogP contribution in [-0.2, 0) is 18.4 Å². The molecular formula is C17H27N5O2. The molecule has 2 aliphatic rings. The van der Waals surface area contributed by atoms with Crippen LogP contribution in [0.25, 0.3) is 0 Å². The number of hydrogen-bond donors (Lipinski definition) is 1. The number of amides is 3. The van der Waals surface area contributed by atoms with E-state index in [4.69, 9.17) is 0 Å². The Morgan fingerprint density at radius 1 is 1.42 bits per heavy atom. The van der Waals surface area contributed by atoms with E-state index in [0.717, 1.165) is 38.3 Å². The van der Waals surface area contributed by atoms with Crippen molar-refractivity contribution in [3.8, 4) is 0 Å². The number of likely N-dealkylation sites (tertiary alicyclic amines) is 1. The minimum absolute atomic E-state index is 0.0914. The van der Waals surface area contributed by atoms with Gasteiger partial charge in [0.25, 0.3) is 5.91 Å². The van der Waals surface area contributed by atoms with Crippen molar-refractivity contribution in [1.82, 2.24) is 24.7 Å². The second-order valence-corrected chi connectivity index (χ2v) is 7.43. The van der Waals surface area contributed by atoms with Crippen molar-refractivity contribution in [3.05, 3.63) is 18.2 Å². The summed E-state index contributed by atoms with van der Waals surface area (Å²) >= 11 is 0. The van der Waals surface area contributed by atoms with E-state index in [9.17, 15) is 9.59 Å². The van der Waals surface area contributed by atoms with Crippen LogP contribution < -0.4 is 5.32 Å². The normalized spacial score (nSPS) is 28.7. The molecule has 3 amide bonds. The lowest BCUT2D eigenvalue weighted by molar-refractivity contribution is -0.134. The molecule has 7 heteroatoms. The number of nitrogens with one attached hydrogen (secondary N) is 1. The monoisotopic (exact) mass is 333 g/mol.